The summed E-state index contributed by atoms with van der Waals surface area (Å²) in [5.41, 5.74) is -1.17. The van der Waals surface area contributed by atoms with Crippen molar-refractivity contribution in [2.24, 2.45) is 5.92 Å². The number of hydrogen-bond acceptors (Lipinski definition) is 3. The largest absolute Gasteiger partial charge is 0.417 e. The summed E-state index contributed by atoms with van der Waals surface area (Å²) in [6.07, 6.45) is 1.60. The molecule has 1 aliphatic carbocycles. The van der Waals surface area contributed by atoms with Crippen molar-refractivity contribution in [1.82, 2.24) is 9.21 Å². The number of piperazine rings is 1. The highest BCUT2D eigenvalue weighted by Crippen LogP contribution is 2.35. The average Bonchev–Trinajstić information content (AvgIpc) is 3.14. The minimum absolute atomic E-state index is 0.0131. The van der Waals surface area contributed by atoms with E-state index in [2.05, 4.69) is 0 Å². The Hall–Kier alpha value is -1.87. The van der Waals surface area contributed by atoms with Crippen LogP contribution in [0, 0.1) is 5.92 Å². The number of benzene rings is 1. The van der Waals surface area contributed by atoms with Crippen LogP contribution in [0.1, 0.15) is 24.8 Å². The molecule has 1 aromatic rings. The minimum atomic E-state index is -4.75. The quantitative estimate of drug-likeness (QED) is 0.728. The van der Waals surface area contributed by atoms with Crippen molar-refractivity contribution in [3.05, 3.63) is 42.0 Å². The topological polar surface area (TPSA) is 57.7 Å². The standard InChI is InChI=1S/C18H21F3N2O3S/c19-18(20,21)15-7-3-4-8-16(15)27(25,26)23-11-9-22(10-12-23)17(24)13-14-5-1-2-6-14/h1,3-5,7-8,14H,2,6,9-13H2/t14-/m1/s1. The smallest absolute Gasteiger partial charge is 0.340 e. The van der Waals surface area contributed by atoms with Gasteiger partial charge in [-0.1, -0.05) is 24.3 Å². The van der Waals surface area contributed by atoms with E-state index in [4.69, 9.17) is 0 Å². The van der Waals surface area contributed by atoms with E-state index in [1.165, 1.54) is 6.07 Å². The predicted octanol–water partition coefficient (Wildman–Crippen LogP) is 2.89. The molecule has 9 heteroatoms. The molecule has 0 radical (unpaired) electrons. The lowest BCUT2D eigenvalue weighted by molar-refractivity contribution is -0.139. The number of amides is 1. The molecule has 1 atom stereocenters. The van der Waals surface area contributed by atoms with E-state index < -0.39 is 26.7 Å². The first kappa shape index (κ1) is 19.9. The van der Waals surface area contributed by atoms with Crippen molar-refractivity contribution in [3.63, 3.8) is 0 Å². The molecule has 0 aromatic heterocycles. The maximum Gasteiger partial charge on any atom is 0.417 e. The first-order chi connectivity index (χ1) is 12.7. The second kappa shape index (κ2) is 7.63. The highest BCUT2D eigenvalue weighted by Gasteiger charge is 2.39. The van der Waals surface area contributed by atoms with Gasteiger partial charge < -0.3 is 4.90 Å². The van der Waals surface area contributed by atoms with Gasteiger partial charge in [0.2, 0.25) is 15.9 Å². The van der Waals surface area contributed by atoms with Gasteiger partial charge in [-0.15, -0.1) is 0 Å². The van der Waals surface area contributed by atoms with Crippen LogP contribution in [0.2, 0.25) is 0 Å². The molecule has 2 aliphatic rings. The third-order valence-corrected chi connectivity index (χ3v) is 6.91. The molecule has 0 spiro atoms. The Morgan fingerprint density at radius 1 is 1.11 bits per heavy atom. The van der Waals surface area contributed by atoms with Crippen LogP contribution in [0.25, 0.3) is 0 Å². The maximum atomic E-state index is 13.2. The molecule has 1 aromatic carbocycles. The monoisotopic (exact) mass is 402 g/mol. The fourth-order valence-corrected chi connectivity index (χ4v) is 5.10. The van der Waals surface area contributed by atoms with Crippen molar-refractivity contribution in [1.29, 1.82) is 0 Å². The number of hydrogen-bond donors (Lipinski definition) is 0. The summed E-state index contributed by atoms with van der Waals surface area (Å²) in [4.78, 5) is 13.2. The summed E-state index contributed by atoms with van der Waals surface area (Å²) in [7, 11) is -4.28. The van der Waals surface area contributed by atoms with Crippen LogP contribution in [0.15, 0.2) is 41.3 Å². The van der Waals surface area contributed by atoms with Crippen LogP contribution >= 0.6 is 0 Å². The number of carbonyl (C=O) groups is 1. The molecule has 1 aliphatic heterocycles. The summed E-state index contributed by atoms with van der Waals surface area (Å²) in [5, 5.41) is 0. The molecule has 1 saturated heterocycles. The Balaban J connectivity index is 1.68. The van der Waals surface area contributed by atoms with Crippen LogP contribution in [0.4, 0.5) is 13.2 Å². The lowest BCUT2D eigenvalue weighted by Gasteiger charge is -2.34. The number of sulfonamides is 1. The number of carbonyl (C=O) groups excluding carboxylic acids is 1. The fourth-order valence-electron chi connectivity index (χ4n) is 3.46. The van der Waals surface area contributed by atoms with E-state index in [-0.39, 0.29) is 38.0 Å². The summed E-state index contributed by atoms with van der Waals surface area (Å²) in [6, 6.07) is 4.18. The Morgan fingerprint density at radius 2 is 1.78 bits per heavy atom. The summed E-state index contributed by atoms with van der Waals surface area (Å²) in [5.74, 6) is 0.178. The van der Waals surface area contributed by atoms with Gasteiger partial charge >= 0.3 is 6.18 Å². The lowest BCUT2D eigenvalue weighted by Crippen LogP contribution is -2.50. The van der Waals surface area contributed by atoms with Gasteiger partial charge in [0.25, 0.3) is 0 Å². The SMILES string of the molecule is O=C(C[C@@H]1C=CCC1)N1CCN(S(=O)(=O)c2ccccc2C(F)(F)F)CC1. The molecule has 5 nitrogen and oxygen atoms in total. The van der Waals surface area contributed by atoms with E-state index in [1.807, 2.05) is 12.2 Å². The van der Waals surface area contributed by atoms with Gasteiger partial charge in [0.15, 0.2) is 0 Å². The van der Waals surface area contributed by atoms with Gasteiger partial charge in [-0.05, 0) is 30.9 Å². The molecule has 1 fully saturated rings. The zero-order valence-corrected chi connectivity index (χ0v) is 15.5. The van der Waals surface area contributed by atoms with Crippen LogP contribution in [0.5, 0.6) is 0 Å². The number of allylic oxidation sites excluding steroid dienone is 2. The second-order valence-corrected chi connectivity index (χ2v) is 8.65. The lowest BCUT2D eigenvalue weighted by atomic mass is 10.0. The minimum Gasteiger partial charge on any atom is -0.340 e. The average molecular weight is 402 g/mol. The molecule has 0 N–H and O–H groups in total. The molecule has 3 rings (SSSR count). The van der Waals surface area contributed by atoms with E-state index in [0.29, 0.717) is 6.42 Å². The first-order valence-corrected chi connectivity index (χ1v) is 10.2. The van der Waals surface area contributed by atoms with Gasteiger partial charge in [-0.25, -0.2) is 8.42 Å². The van der Waals surface area contributed by atoms with E-state index in [9.17, 15) is 26.4 Å². The Kier molecular flexibility index (Phi) is 5.62. The third kappa shape index (κ3) is 4.35. The van der Waals surface area contributed by atoms with Gasteiger partial charge in [-0.2, -0.15) is 17.5 Å². The summed E-state index contributed by atoms with van der Waals surface area (Å²) >= 11 is 0. The van der Waals surface area contributed by atoms with Crippen molar-refractivity contribution < 1.29 is 26.4 Å². The van der Waals surface area contributed by atoms with Crippen LogP contribution in [-0.2, 0) is 21.0 Å². The van der Waals surface area contributed by atoms with E-state index >= 15 is 0 Å². The highest BCUT2D eigenvalue weighted by molar-refractivity contribution is 7.89. The van der Waals surface area contributed by atoms with E-state index in [1.54, 1.807) is 4.90 Å². The number of rotatable bonds is 4. The molecule has 1 amide bonds. The number of alkyl halides is 3. The number of halogens is 3. The molecule has 0 saturated carbocycles. The van der Waals surface area contributed by atoms with Crippen molar-refractivity contribution in [2.45, 2.75) is 30.3 Å². The molecular weight excluding hydrogens is 381 g/mol. The second-order valence-electron chi connectivity index (χ2n) is 6.75. The fraction of sp³-hybridized carbons (Fsp3) is 0.500. The normalized spacial score (nSPS) is 21.6. The van der Waals surface area contributed by atoms with Crippen molar-refractivity contribution in [3.8, 4) is 0 Å². The van der Waals surface area contributed by atoms with Crippen LogP contribution in [-0.4, -0.2) is 49.7 Å². The van der Waals surface area contributed by atoms with E-state index in [0.717, 1.165) is 35.3 Å². The van der Waals surface area contributed by atoms with Crippen molar-refractivity contribution in [2.75, 3.05) is 26.2 Å². The third-order valence-electron chi connectivity index (χ3n) is 4.95. The summed E-state index contributed by atoms with van der Waals surface area (Å²) in [6.45, 7) is 0.340. The van der Waals surface area contributed by atoms with Gasteiger partial charge in [0.05, 0.1) is 10.5 Å². The zero-order valence-electron chi connectivity index (χ0n) is 14.7. The summed E-state index contributed by atoms with van der Waals surface area (Å²) < 4.78 is 66.0. The Labute approximate surface area is 156 Å². The maximum absolute atomic E-state index is 13.2. The molecule has 27 heavy (non-hydrogen) atoms. The molecular formula is C18H21F3N2O3S. The molecule has 0 unspecified atom stereocenters. The molecule has 0 bridgehead atoms. The molecule has 148 valence electrons. The zero-order chi connectivity index (χ0) is 19.7. The first-order valence-electron chi connectivity index (χ1n) is 8.80. The predicted molar refractivity (Wildman–Crippen MR) is 93.3 cm³/mol. The van der Waals surface area contributed by atoms with Gasteiger partial charge in [0, 0.05) is 32.6 Å². The number of nitrogens with zero attached hydrogens (tertiary/aromatic N) is 2. The van der Waals surface area contributed by atoms with Gasteiger partial charge in [-0.3, -0.25) is 4.79 Å². The van der Waals surface area contributed by atoms with Gasteiger partial charge in [0.1, 0.15) is 0 Å². The van der Waals surface area contributed by atoms with Crippen molar-refractivity contribution >= 4 is 15.9 Å². The Bertz CT molecular complexity index is 828. The Morgan fingerprint density at radius 3 is 2.37 bits per heavy atom. The van der Waals surface area contributed by atoms with Crippen LogP contribution in [0.3, 0.4) is 0 Å². The highest BCUT2D eigenvalue weighted by atomic mass is 32.2. The molecule has 1 heterocycles. The van der Waals surface area contributed by atoms with Crippen LogP contribution < -0.4 is 0 Å².